The van der Waals surface area contributed by atoms with Crippen molar-refractivity contribution >= 4 is 22.3 Å². The summed E-state index contributed by atoms with van der Waals surface area (Å²) in [5.41, 5.74) is 0.683. The molecule has 9 heteroatoms. The number of aryl methyl sites for hydroxylation is 1. The van der Waals surface area contributed by atoms with Crippen molar-refractivity contribution in [2.75, 3.05) is 13.7 Å². The summed E-state index contributed by atoms with van der Waals surface area (Å²) in [7, 11) is 1.51. The lowest BCUT2D eigenvalue weighted by atomic mass is 10.2. The molecule has 0 atom stereocenters. The van der Waals surface area contributed by atoms with Crippen LogP contribution in [0.2, 0.25) is 0 Å². The zero-order valence-electron chi connectivity index (χ0n) is 16.1. The number of hydrogen-bond acceptors (Lipinski definition) is 8. The van der Waals surface area contributed by atoms with Gasteiger partial charge in [0.2, 0.25) is 4.96 Å². The van der Waals surface area contributed by atoms with Gasteiger partial charge in [0.05, 0.1) is 19.3 Å². The quantitative estimate of drug-likeness (QED) is 0.560. The lowest BCUT2D eigenvalue weighted by molar-refractivity contribution is 0.0471. The van der Waals surface area contributed by atoms with E-state index in [1.54, 1.807) is 25.1 Å². The van der Waals surface area contributed by atoms with Gasteiger partial charge in [0.15, 0.2) is 16.5 Å². The second kappa shape index (κ2) is 8.39. The Kier molecular flexibility index (Phi) is 5.93. The lowest BCUT2D eigenvalue weighted by Crippen LogP contribution is -2.14. The molecule has 0 spiro atoms. The summed E-state index contributed by atoms with van der Waals surface area (Å²) in [6, 6.07) is 6.28. The van der Waals surface area contributed by atoms with Crippen LogP contribution in [0.4, 0.5) is 0 Å². The fourth-order valence-corrected chi connectivity index (χ4v) is 3.26. The van der Waals surface area contributed by atoms with Crippen LogP contribution in [0.25, 0.3) is 4.96 Å². The minimum atomic E-state index is -0.524. The Morgan fingerprint density at radius 2 is 2.04 bits per heavy atom. The third-order valence-electron chi connectivity index (χ3n) is 3.71. The monoisotopic (exact) mass is 403 g/mol. The molecule has 8 nitrogen and oxygen atoms in total. The molecule has 0 aliphatic heterocycles. The van der Waals surface area contributed by atoms with Gasteiger partial charge in [0.25, 0.3) is 5.56 Å². The van der Waals surface area contributed by atoms with Crippen LogP contribution < -0.4 is 15.0 Å². The second-order valence-corrected chi connectivity index (χ2v) is 7.61. The maximum absolute atomic E-state index is 12.4. The first-order valence-electron chi connectivity index (χ1n) is 8.71. The molecule has 0 aliphatic rings. The van der Waals surface area contributed by atoms with E-state index in [0.717, 1.165) is 0 Å². The van der Waals surface area contributed by atoms with Gasteiger partial charge in [-0.25, -0.2) is 9.78 Å². The van der Waals surface area contributed by atoms with Crippen LogP contribution in [0.1, 0.15) is 34.9 Å². The molecule has 28 heavy (non-hydrogen) atoms. The van der Waals surface area contributed by atoms with Crippen LogP contribution in [0, 0.1) is 12.8 Å². The lowest BCUT2D eigenvalue weighted by Gasteiger charge is -2.13. The molecule has 2 aromatic heterocycles. The number of ether oxygens (including phenoxy) is 3. The Labute approximate surface area is 165 Å². The maximum atomic E-state index is 12.4. The Morgan fingerprint density at radius 1 is 1.25 bits per heavy atom. The van der Waals surface area contributed by atoms with Gasteiger partial charge in [-0.3, -0.25) is 4.79 Å². The summed E-state index contributed by atoms with van der Waals surface area (Å²) >= 11 is 1.20. The Bertz CT molecular complexity index is 1060. The number of rotatable bonds is 7. The smallest absolute Gasteiger partial charge is 0.338 e. The standard InChI is InChI=1S/C19H21N3O5S/c1-11(2)9-26-14-6-5-13(8-15(14)25-4)18(24)27-10-16-21-22-17(23)7-12(3)20-19(22)28-16/h5-8,11H,9-10H2,1-4H3. The number of esters is 1. The molecule has 0 radical (unpaired) electrons. The van der Waals surface area contributed by atoms with E-state index in [0.29, 0.717) is 45.2 Å². The van der Waals surface area contributed by atoms with Crippen molar-refractivity contribution in [1.82, 2.24) is 14.6 Å². The predicted molar refractivity (Wildman–Crippen MR) is 104 cm³/mol. The number of hydrogen-bond donors (Lipinski definition) is 0. The predicted octanol–water partition coefficient (Wildman–Crippen LogP) is 2.86. The minimum Gasteiger partial charge on any atom is -0.493 e. The summed E-state index contributed by atoms with van der Waals surface area (Å²) in [6.07, 6.45) is 0. The first kappa shape index (κ1) is 19.8. The summed E-state index contributed by atoms with van der Waals surface area (Å²) in [4.78, 5) is 29.0. The van der Waals surface area contributed by atoms with Crippen molar-refractivity contribution in [3.8, 4) is 11.5 Å². The topological polar surface area (TPSA) is 92.0 Å². The highest BCUT2D eigenvalue weighted by Gasteiger charge is 2.15. The molecular weight excluding hydrogens is 382 g/mol. The van der Waals surface area contributed by atoms with Crippen LogP contribution in [0.3, 0.4) is 0 Å². The van der Waals surface area contributed by atoms with Crippen molar-refractivity contribution in [2.24, 2.45) is 5.92 Å². The first-order valence-corrected chi connectivity index (χ1v) is 9.53. The molecule has 0 bridgehead atoms. The maximum Gasteiger partial charge on any atom is 0.338 e. The van der Waals surface area contributed by atoms with Gasteiger partial charge in [-0.2, -0.15) is 9.61 Å². The van der Waals surface area contributed by atoms with E-state index in [9.17, 15) is 9.59 Å². The molecule has 0 N–H and O–H groups in total. The summed E-state index contributed by atoms with van der Waals surface area (Å²) in [6.45, 7) is 6.32. The van der Waals surface area contributed by atoms with Gasteiger partial charge in [-0.15, -0.1) is 0 Å². The fraction of sp³-hybridized carbons (Fsp3) is 0.368. The van der Waals surface area contributed by atoms with E-state index >= 15 is 0 Å². The Morgan fingerprint density at radius 3 is 2.75 bits per heavy atom. The number of nitrogens with zero attached hydrogens (tertiary/aromatic N) is 3. The zero-order valence-corrected chi connectivity index (χ0v) is 16.9. The van der Waals surface area contributed by atoms with Gasteiger partial charge in [0.1, 0.15) is 6.61 Å². The summed E-state index contributed by atoms with van der Waals surface area (Å²) in [5, 5.41) is 4.62. The number of carbonyl (C=O) groups is 1. The Balaban J connectivity index is 1.71. The van der Waals surface area contributed by atoms with E-state index in [2.05, 4.69) is 10.1 Å². The highest BCUT2D eigenvalue weighted by molar-refractivity contribution is 7.16. The summed E-state index contributed by atoms with van der Waals surface area (Å²) in [5.74, 6) is 0.874. The average molecular weight is 403 g/mol. The number of carbonyl (C=O) groups excluding carboxylic acids is 1. The van der Waals surface area contributed by atoms with Crippen molar-refractivity contribution < 1.29 is 19.0 Å². The normalized spacial score (nSPS) is 11.0. The molecule has 0 saturated carbocycles. The Hall–Kier alpha value is -2.94. The molecule has 2 heterocycles. The molecular formula is C19H21N3O5S. The molecule has 3 rings (SSSR count). The SMILES string of the molecule is COc1cc(C(=O)OCc2nn3c(=O)cc(C)nc3s2)ccc1OCC(C)C. The van der Waals surface area contributed by atoms with Crippen molar-refractivity contribution in [3.05, 3.63) is 50.9 Å². The van der Waals surface area contributed by atoms with Crippen molar-refractivity contribution in [2.45, 2.75) is 27.4 Å². The molecule has 148 valence electrons. The summed E-state index contributed by atoms with van der Waals surface area (Å²) < 4.78 is 17.5. The molecule has 1 aromatic carbocycles. The van der Waals surface area contributed by atoms with Crippen molar-refractivity contribution in [3.63, 3.8) is 0 Å². The van der Waals surface area contributed by atoms with E-state index in [1.165, 1.54) is 29.0 Å². The van der Waals surface area contributed by atoms with Crippen LogP contribution in [-0.2, 0) is 11.3 Å². The highest BCUT2D eigenvalue weighted by Crippen LogP contribution is 2.29. The number of fused-ring (bicyclic) bond motifs is 1. The van der Waals surface area contributed by atoms with E-state index in [1.807, 2.05) is 13.8 Å². The molecule has 0 aliphatic carbocycles. The van der Waals surface area contributed by atoms with Crippen LogP contribution >= 0.6 is 11.3 Å². The van der Waals surface area contributed by atoms with E-state index in [4.69, 9.17) is 14.2 Å². The molecule has 3 aromatic rings. The van der Waals surface area contributed by atoms with Crippen LogP contribution in [-0.4, -0.2) is 34.3 Å². The van der Waals surface area contributed by atoms with Gasteiger partial charge in [-0.1, -0.05) is 25.2 Å². The zero-order chi connectivity index (χ0) is 20.3. The molecule has 0 saturated heterocycles. The average Bonchev–Trinajstić information content (AvgIpc) is 3.07. The number of methoxy groups -OCH3 is 1. The largest absolute Gasteiger partial charge is 0.493 e. The van der Waals surface area contributed by atoms with Gasteiger partial charge >= 0.3 is 5.97 Å². The molecule has 0 unspecified atom stereocenters. The van der Waals surface area contributed by atoms with E-state index < -0.39 is 5.97 Å². The van der Waals surface area contributed by atoms with Gasteiger partial charge in [-0.05, 0) is 31.0 Å². The number of benzene rings is 1. The van der Waals surface area contributed by atoms with Crippen LogP contribution in [0.15, 0.2) is 29.1 Å². The van der Waals surface area contributed by atoms with Crippen molar-refractivity contribution in [1.29, 1.82) is 0 Å². The third-order valence-corrected chi connectivity index (χ3v) is 4.60. The van der Waals surface area contributed by atoms with Gasteiger partial charge < -0.3 is 14.2 Å². The minimum absolute atomic E-state index is 0.0563. The third kappa shape index (κ3) is 4.48. The molecule has 0 fully saturated rings. The highest BCUT2D eigenvalue weighted by atomic mass is 32.1. The van der Waals surface area contributed by atoms with E-state index in [-0.39, 0.29) is 12.2 Å². The van der Waals surface area contributed by atoms with Crippen LogP contribution in [0.5, 0.6) is 11.5 Å². The molecule has 0 amide bonds. The first-order chi connectivity index (χ1) is 13.4. The second-order valence-electron chi connectivity index (χ2n) is 6.57. The van der Waals surface area contributed by atoms with Gasteiger partial charge in [0, 0.05) is 11.8 Å². The number of aromatic nitrogens is 3. The fourth-order valence-electron chi connectivity index (χ4n) is 2.40.